The second kappa shape index (κ2) is 4.14. The molecule has 1 aliphatic heterocycles. The van der Waals surface area contributed by atoms with Crippen LogP contribution in [0.15, 0.2) is 12.1 Å². The van der Waals surface area contributed by atoms with Gasteiger partial charge in [0.2, 0.25) is 0 Å². The number of hydrogen-bond donors (Lipinski definition) is 1. The largest absolute Gasteiger partial charge is 0.392 e. The van der Waals surface area contributed by atoms with Gasteiger partial charge in [0.05, 0.1) is 12.3 Å². The lowest BCUT2D eigenvalue weighted by molar-refractivity contribution is 0.281. The van der Waals surface area contributed by atoms with Crippen LogP contribution in [0.4, 0.5) is 14.5 Å². The van der Waals surface area contributed by atoms with Crippen molar-refractivity contribution in [3.05, 3.63) is 29.3 Å². The number of rotatable bonds is 2. The van der Waals surface area contributed by atoms with Crippen molar-refractivity contribution in [2.45, 2.75) is 19.4 Å². The molecule has 0 aromatic heterocycles. The molecule has 1 saturated heterocycles. The lowest BCUT2D eigenvalue weighted by Crippen LogP contribution is -2.21. The molecule has 0 aliphatic carbocycles. The fraction of sp³-hybridized carbons (Fsp3) is 0.455. The van der Waals surface area contributed by atoms with Gasteiger partial charge >= 0.3 is 0 Å². The molecule has 82 valence electrons. The summed E-state index contributed by atoms with van der Waals surface area (Å²) < 4.78 is 26.6. The van der Waals surface area contributed by atoms with Crippen molar-refractivity contribution in [2.75, 3.05) is 18.0 Å². The fourth-order valence-electron chi connectivity index (χ4n) is 1.99. The molecule has 1 N–H and O–H groups in total. The number of benzene rings is 1. The Hall–Kier alpha value is -1.16. The van der Waals surface area contributed by atoms with Crippen molar-refractivity contribution in [1.29, 1.82) is 0 Å². The second-order valence-electron chi connectivity index (χ2n) is 3.72. The average Bonchev–Trinajstić information content (AvgIpc) is 2.75. The van der Waals surface area contributed by atoms with Crippen LogP contribution in [0.3, 0.4) is 0 Å². The van der Waals surface area contributed by atoms with E-state index in [2.05, 4.69) is 0 Å². The Bertz CT molecular complexity index is 362. The zero-order valence-corrected chi connectivity index (χ0v) is 8.34. The first-order valence-corrected chi connectivity index (χ1v) is 5.06. The molecule has 4 heteroatoms. The van der Waals surface area contributed by atoms with Crippen molar-refractivity contribution in [3.8, 4) is 0 Å². The molecule has 0 bridgehead atoms. The van der Waals surface area contributed by atoms with E-state index < -0.39 is 11.6 Å². The minimum absolute atomic E-state index is 0.231. The highest BCUT2D eigenvalue weighted by Crippen LogP contribution is 2.29. The van der Waals surface area contributed by atoms with Gasteiger partial charge in [0, 0.05) is 18.7 Å². The number of hydrogen-bond acceptors (Lipinski definition) is 2. The summed E-state index contributed by atoms with van der Waals surface area (Å²) in [5.41, 5.74) is 0.686. The predicted octanol–water partition coefficient (Wildman–Crippen LogP) is 2.06. The molecule has 0 atom stereocenters. The molecule has 15 heavy (non-hydrogen) atoms. The minimum Gasteiger partial charge on any atom is -0.392 e. The van der Waals surface area contributed by atoms with Crippen LogP contribution in [0, 0.1) is 11.6 Å². The van der Waals surface area contributed by atoms with Gasteiger partial charge in [0.25, 0.3) is 0 Å². The number of nitrogens with zero attached hydrogens (tertiary/aromatic N) is 1. The Balaban J connectivity index is 2.45. The van der Waals surface area contributed by atoms with Crippen molar-refractivity contribution < 1.29 is 13.9 Å². The van der Waals surface area contributed by atoms with E-state index in [1.165, 1.54) is 6.07 Å². The number of halogens is 2. The fourth-order valence-corrected chi connectivity index (χ4v) is 1.99. The maximum Gasteiger partial charge on any atom is 0.182 e. The van der Waals surface area contributed by atoms with Gasteiger partial charge in [-0.2, -0.15) is 0 Å². The smallest absolute Gasteiger partial charge is 0.182 e. The highest BCUT2D eigenvalue weighted by atomic mass is 19.2. The van der Waals surface area contributed by atoms with Crippen LogP contribution in [-0.4, -0.2) is 18.2 Å². The molecule has 1 fully saturated rings. The SMILES string of the molecule is OCc1ccc(F)c(F)c1N1CCCC1. The summed E-state index contributed by atoms with van der Waals surface area (Å²) in [6.45, 7) is 1.20. The van der Waals surface area contributed by atoms with Crippen molar-refractivity contribution in [3.63, 3.8) is 0 Å². The molecule has 1 heterocycles. The molecule has 0 amide bonds. The van der Waals surface area contributed by atoms with Crippen LogP contribution in [0.2, 0.25) is 0 Å². The lowest BCUT2D eigenvalue weighted by Gasteiger charge is -2.21. The van der Waals surface area contributed by atoms with E-state index in [4.69, 9.17) is 5.11 Å². The van der Waals surface area contributed by atoms with Crippen LogP contribution in [-0.2, 0) is 6.61 Å². The summed E-state index contributed by atoms with van der Waals surface area (Å²) in [6.07, 6.45) is 1.97. The number of aliphatic hydroxyl groups excluding tert-OH is 1. The van der Waals surface area contributed by atoms with Gasteiger partial charge < -0.3 is 10.0 Å². The summed E-state index contributed by atoms with van der Waals surface area (Å²) in [7, 11) is 0. The summed E-state index contributed by atoms with van der Waals surface area (Å²) in [4.78, 5) is 1.80. The Labute approximate surface area is 87.1 Å². The van der Waals surface area contributed by atoms with Gasteiger partial charge in [0.15, 0.2) is 11.6 Å². The first kappa shape index (κ1) is 10.4. The van der Waals surface area contributed by atoms with E-state index in [0.29, 0.717) is 5.56 Å². The van der Waals surface area contributed by atoms with Gasteiger partial charge in [-0.05, 0) is 18.9 Å². The van der Waals surface area contributed by atoms with Crippen LogP contribution in [0.1, 0.15) is 18.4 Å². The maximum atomic E-state index is 13.6. The average molecular weight is 213 g/mol. The van der Waals surface area contributed by atoms with Crippen LogP contribution in [0.5, 0.6) is 0 Å². The van der Waals surface area contributed by atoms with Gasteiger partial charge in [-0.15, -0.1) is 0 Å². The first-order chi connectivity index (χ1) is 7.24. The van der Waals surface area contributed by atoms with Gasteiger partial charge in [0.1, 0.15) is 0 Å². The third-order valence-electron chi connectivity index (χ3n) is 2.75. The van der Waals surface area contributed by atoms with Gasteiger partial charge in [-0.1, -0.05) is 6.07 Å². The predicted molar refractivity (Wildman–Crippen MR) is 53.7 cm³/mol. The standard InChI is InChI=1S/C11H13F2NO/c12-9-4-3-8(7-15)11(10(9)13)14-5-1-2-6-14/h3-4,15H,1-2,5-7H2. The zero-order valence-electron chi connectivity index (χ0n) is 8.34. The molecular weight excluding hydrogens is 200 g/mol. The first-order valence-electron chi connectivity index (χ1n) is 5.06. The molecule has 0 unspecified atom stereocenters. The molecule has 1 aliphatic rings. The van der Waals surface area contributed by atoms with Crippen LogP contribution in [0.25, 0.3) is 0 Å². The molecule has 0 spiro atoms. The molecule has 1 aromatic rings. The van der Waals surface area contributed by atoms with E-state index in [1.54, 1.807) is 4.90 Å². The monoisotopic (exact) mass is 213 g/mol. The van der Waals surface area contributed by atoms with E-state index in [9.17, 15) is 8.78 Å². The quantitative estimate of drug-likeness (QED) is 0.812. The zero-order chi connectivity index (χ0) is 10.8. The molecular formula is C11H13F2NO. The Morgan fingerprint density at radius 3 is 2.47 bits per heavy atom. The third kappa shape index (κ3) is 1.81. The number of aliphatic hydroxyl groups is 1. The van der Waals surface area contributed by atoms with Gasteiger partial charge in [-0.25, -0.2) is 8.78 Å². The topological polar surface area (TPSA) is 23.5 Å². The summed E-state index contributed by atoms with van der Waals surface area (Å²) in [5.74, 6) is -1.70. The maximum absolute atomic E-state index is 13.6. The Morgan fingerprint density at radius 1 is 1.20 bits per heavy atom. The van der Waals surface area contributed by atoms with E-state index in [0.717, 1.165) is 32.0 Å². The third-order valence-corrected chi connectivity index (χ3v) is 2.75. The van der Waals surface area contributed by atoms with Crippen molar-refractivity contribution in [1.82, 2.24) is 0 Å². The van der Waals surface area contributed by atoms with Crippen molar-refractivity contribution in [2.24, 2.45) is 0 Å². The highest BCUT2D eigenvalue weighted by Gasteiger charge is 2.21. The summed E-state index contributed by atoms with van der Waals surface area (Å²) >= 11 is 0. The number of anilines is 1. The summed E-state index contributed by atoms with van der Waals surface area (Å²) in [6, 6.07) is 2.49. The van der Waals surface area contributed by atoms with Gasteiger partial charge in [-0.3, -0.25) is 0 Å². The van der Waals surface area contributed by atoms with Crippen LogP contribution >= 0.6 is 0 Å². The molecule has 0 saturated carbocycles. The van der Waals surface area contributed by atoms with E-state index >= 15 is 0 Å². The molecule has 2 nitrogen and oxygen atoms in total. The molecule has 0 radical (unpaired) electrons. The molecule has 2 rings (SSSR count). The summed E-state index contributed by atoms with van der Waals surface area (Å²) in [5, 5.41) is 9.08. The Morgan fingerprint density at radius 2 is 1.87 bits per heavy atom. The van der Waals surface area contributed by atoms with E-state index in [-0.39, 0.29) is 12.3 Å². The van der Waals surface area contributed by atoms with Crippen LogP contribution < -0.4 is 4.90 Å². The minimum atomic E-state index is -0.853. The van der Waals surface area contributed by atoms with E-state index in [1.807, 2.05) is 0 Å². The highest BCUT2D eigenvalue weighted by molar-refractivity contribution is 5.55. The second-order valence-corrected chi connectivity index (χ2v) is 3.72. The van der Waals surface area contributed by atoms with Crippen molar-refractivity contribution >= 4 is 5.69 Å². The molecule has 1 aromatic carbocycles. The lowest BCUT2D eigenvalue weighted by atomic mass is 10.1. The normalized spacial score (nSPS) is 16.1. The Kier molecular flexibility index (Phi) is 2.86.